The number of esters is 1. The Balaban J connectivity index is 1.89. The number of fused-ring (bicyclic) bond motifs is 5. The van der Waals surface area contributed by atoms with Gasteiger partial charge in [0.2, 0.25) is 5.91 Å². The number of rotatable bonds is 8. The van der Waals surface area contributed by atoms with Gasteiger partial charge in [-0.3, -0.25) is 19.2 Å². The van der Waals surface area contributed by atoms with Crippen molar-refractivity contribution >= 4 is 35.4 Å². The van der Waals surface area contributed by atoms with Gasteiger partial charge in [0, 0.05) is 36.6 Å². The Morgan fingerprint density at radius 3 is 2.38 bits per heavy atom. The maximum atomic E-state index is 14.4. The monoisotopic (exact) mass is 787 g/mol. The smallest absolute Gasteiger partial charge is 0.316 e. The molecular formula is C41H61N3O12. The quantitative estimate of drug-likeness (QED) is 0.168. The summed E-state index contributed by atoms with van der Waals surface area (Å²) in [5.41, 5.74) is -1.28. The van der Waals surface area contributed by atoms with Crippen LogP contribution in [0.5, 0.6) is 0 Å². The summed E-state index contributed by atoms with van der Waals surface area (Å²) in [5.74, 6) is -4.60. The molecule has 3 saturated heterocycles. The van der Waals surface area contributed by atoms with Crippen molar-refractivity contribution in [3.63, 3.8) is 0 Å². The van der Waals surface area contributed by atoms with Crippen LogP contribution in [-0.4, -0.2) is 132 Å². The number of ketones is 1. The molecule has 0 radical (unpaired) electrons. The summed E-state index contributed by atoms with van der Waals surface area (Å²) in [6.45, 7) is 12.8. The number of Topliss-reactive ketones (excluding diaryl/α,β-unsaturated/α-hetero) is 1. The maximum Gasteiger partial charge on any atom is 0.316 e. The molecule has 0 aromatic heterocycles. The number of carbonyl (C=O) groups is 4. The number of hydrogen-bond acceptors (Lipinski definition) is 14. The third kappa shape index (κ3) is 10.9. The van der Waals surface area contributed by atoms with Crippen LogP contribution in [0.1, 0.15) is 97.0 Å². The van der Waals surface area contributed by atoms with Crippen molar-refractivity contribution in [1.82, 2.24) is 4.90 Å². The van der Waals surface area contributed by atoms with Gasteiger partial charge in [0.25, 0.3) is 0 Å². The van der Waals surface area contributed by atoms with Crippen LogP contribution in [0.25, 0.3) is 0 Å². The van der Waals surface area contributed by atoms with Gasteiger partial charge >= 0.3 is 5.97 Å². The number of likely N-dealkylation sites (N-methyl/N-ethyl adjacent to an activating group) is 1. The molecule has 1 amide bonds. The van der Waals surface area contributed by atoms with Gasteiger partial charge in [-0.2, -0.15) is 0 Å². The molecule has 3 heterocycles. The first kappa shape index (κ1) is 45.3. The van der Waals surface area contributed by atoms with E-state index in [4.69, 9.17) is 28.5 Å². The molecule has 3 aliphatic rings. The number of hydrogen-bond donors (Lipinski definition) is 2. The molecule has 12 atom stereocenters. The van der Waals surface area contributed by atoms with Crippen LogP contribution in [-0.2, 0) is 49.5 Å². The molecule has 2 bridgehead atoms. The summed E-state index contributed by atoms with van der Waals surface area (Å²) in [7, 11) is 3.71. The van der Waals surface area contributed by atoms with E-state index in [9.17, 15) is 29.4 Å². The number of aliphatic imine (C=N–C) groups is 1. The summed E-state index contributed by atoms with van der Waals surface area (Å²) in [5, 5.41) is 28.2. The number of aliphatic hydroxyl groups excluding tert-OH is 1. The van der Waals surface area contributed by atoms with Crippen molar-refractivity contribution in [1.29, 1.82) is 0 Å². The number of aliphatic hydroxyl groups is 2. The lowest BCUT2D eigenvalue weighted by Gasteiger charge is -2.47. The summed E-state index contributed by atoms with van der Waals surface area (Å²) in [6.07, 6.45) is -4.37. The summed E-state index contributed by atoms with van der Waals surface area (Å²) in [6, 6.07) is 6.50. The minimum atomic E-state index is -1.83. The zero-order valence-electron chi connectivity index (χ0n) is 34.4. The second kappa shape index (κ2) is 19.3. The average Bonchev–Trinajstić information content (AvgIpc) is 3.16. The number of nitrogens with zero attached hydrogens (tertiary/aromatic N) is 3. The van der Waals surface area contributed by atoms with Gasteiger partial charge in [0.1, 0.15) is 42.3 Å². The Bertz CT molecular complexity index is 1600. The number of ether oxygens (including phenoxy) is 5. The highest BCUT2D eigenvalue weighted by molar-refractivity contribution is 6.00. The summed E-state index contributed by atoms with van der Waals surface area (Å²) in [4.78, 5) is 64.0. The molecule has 3 fully saturated rings. The van der Waals surface area contributed by atoms with Gasteiger partial charge in [0.05, 0.1) is 37.1 Å². The Hall–Kier alpha value is -3.44. The number of amides is 1. The van der Waals surface area contributed by atoms with Crippen molar-refractivity contribution in [2.45, 2.75) is 142 Å². The van der Waals surface area contributed by atoms with E-state index < -0.39 is 77.3 Å². The van der Waals surface area contributed by atoms with Crippen LogP contribution in [0.2, 0.25) is 0 Å². The Kier molecular flexibility index (Phi) is 15.6. The highest BCUT2D eigenvalue weighted by Gasteiger charge is 2.51. The minimum absolute atomic E-state index is 0.0306. The van der Waals surface area contributed by atoms with Crippen molar-refractivity contribution in [2.75, 3.05) is 27.3 Å². The first-order valence-electron chi connectivity index (χ1n) is 19.5. The van der Waals surface area contributed by atoms with Gasteiger partial charge in [-0.15, -0.1) is 0 Å². The maximum absolute atomic E-state index is 14.4. The van der Waals surface area contributed by atoms with Crippen LogP contribution >= 0.6 is 0 Å². The molecule has 0 unspecified atom stereocenters. The van der Waals surface area contributed by atoms with Crippen LogP contribution < -0.4 is 0 Å². The standard InChI is InChI=1S/C41H61N3O12/c1-11-33-41(8,50)34-17-31(42-27(6)46)23(2)18-40(7,52-22-30(21-51-34)43-53-20-29-14-12-28(19-45)13-15-29)37(25(4)35(47)26(5)38(49)55-33)56-39-36(48)32(44(9)10)16-24(3)54-39/h12-15,19,23-26,32-34,36-37,39,48,50H,11,16-18,20-22H2,1-10H3/b42-31?,43-30-/t23-,24-,25+,26-,32+,33+,34+,36-,37-,39+,40-,41-/m1/s1. The lowest BCUT2D eigenvalue weighted by molar-refractivity contribution is -0.296. The van der Waals surface area contributed by atoms with Crippen molar-refractivity contribution in [3.8, 4) is 0 Å². The van der Waals surface area contributed by atoms with Gasteiger partial charge in [-0.1, -0.05) is 50.2 Å². The molecule has 1 aromatic carbocycles. The van der Waals surface area contributed by atoms with Crippen molar-refractivity contribution in [3.05, 3.63) is 35.4 Å². The van der Waals surface area contributed by atoms with Gasteiger partial charge in [0.15, 0.2) is 12.1 Å². The molecule has 56 heavy (non-hydrogen) atoms. The first-order chi connectivity index (χ1) is 26.3. The normalized spacial score (nSPS) is 38.0. The van der Waals surface area contributed by atoms with E-state index in [1.54, 1.807) is 45.0 Å². The number of benzene rings is 1. The Morgan fingerprint density at radius 1 is 1.09 bits per heavy atom. The number of carbonyl (C=O) groups excluding carboxylic acids is 4. The molecule has 0 aliphatic carbocycles. The van der Waals surface area contributed by atoms with E-state index in [0.29, 0.717) is 17.7 Å². The van der Waals surface area contributed by atoms with E-state index >= 15 is 0 Å². The zero-order valence-corrected chi connectivity index (χ0v) is 34.4. The van der Waals surface area contributed by atoms with Crippen LogP contribution in [0, 0.1) is 17.8 Å². The highest BCUT2D eigenvalue weighted by atomic mass is 16.7. The fraction of sp³-hybridized carbons (Fsp3) is 0.707. The van der Waals surface area contributed by atoms with Crippen molar-refractivity contribution in [2.24, 2.45) is 27.9 Å². The molecule has 4 rings (SSSR count). The SMILES string of the molecule is CC[C@@H]1OC(=O)[C@H](C)C(=O)[C@H](C)[C@@H](O[C@@H]2O[C@H](C)C[C@H](N(C)C)[C@H]2O)[C@@]2(C)C[C@@H](C)C(=NC(C)=O)C[C@H](OC/C(=N/OCc3ccc(C=O)cc3)CO2)[C@]1(C)O. The van der Waals surface area contributed by atoms with E-state index in [2.05, 4.69) is 10.1 Å². The van der Waals surface area contributed by atoms with Crippen LogP contribution in [0.3, 0.4) is 0 Å². The van der Waals surface area contributed by atoms with E-state index in [1.807, 2.05) is 32.8 Å². The lowest BCUT2D eigenvalue weighted by atomic mass is 9.76. The molecule has 0 spiro atoms. The summed E-state index contributed by atoms with van der Waals surface area (Å²) < 4.78 is 32.1. The molecule has 15 nitrogen and oxygen atoms in total. The third-order valence-electron chi connectivity index (χ3n) is 11.3. The molecule has 312 valence electrons. The predicted molar refractivity (Wildman–Crippen MR) is 206 cm³/mol. The van der Waals surface area contributed by atoms with Crippen molar-refractivity contribution < 1.29 is 57.9 Å². The Labute approximate surface area is 330 Å². The van der Waals surface area contributed by atoms with Gasteiger partial charge in [-0.05, 0) is 72.5 Å². The number of oxime groups is 1. The minimum Gasteiger partial charge on any atom is -0.459 e. The van der Waals surface area contributed by atoms with Crippen LogP contribution in [0.15, 0.2) is 34.4 Å². The molecule has 0 saturated carbocycles. The molecule has 15 heteroatoms. The number of cyclic esters (lactones) is 1. The van der Waals surface area contributed by atoms with Gasteiger partial charge in [-0.25, -0.2) is 4.99 Å². The second-order valence-electron chi connectivity index (χ2n) is 16.2. The molecule has 3 aliphatic heterocycles. The number of aldehydes is 1. The molecule has 2 N–H and O–H groups in total. The topological polar surface area (TPSA) is 192 Å². The van der Waals surface area contributed by atoms with E-state index in [1.165, 1.54) is 20.8 Å². The predicted octanol–water partition coefficient (Wildman–Crippen LogP) is 3.69. The van der Waals surface area contributed by atoms with Crippen LogP contribution in [0.4, 0.5) is 0 Å². The zero-order chi connectivity index (χ0) is 41.5. The second-order valence-corrected chi connectivity index (χ2v) is 16.2. The lowest BCUT2D eigenvalue weighted by Crippen LogP contribution is -2.59. The van der Waals surface area contributed by atoms with E-state index in [-0.39, 0.29) is 56.9 Å². The Morgan fingerprint density at radius 2 is 1.77 bits per heavy atom. The average molecular weight is 788 g/mol. The fourth-order valence-corrected chi connectivity index (χ4v) is 7.91. The first-order valence-corrected chi connectivity index (χ1v) is 19.5. The fourth-order valence-electron chi connectivity index (χ4n) is 7.91. The molecule has 1 aromatic rings. The van der Waals surface area contributed by atoms with Gasteiger partial charge < -0.3 is 43.6 Å². The summed E-state index contributed by atoms with van der Waals surface area (Å²) >= 11 is 0. The molecular weight excluding hydrogens is 726 g/mol. The highest BCUT2D eigenvalue weighted by Crippen LogP contribution is 2.39. The third-order valence-corrected chi connectivity index (χ3v) is 11.3. The van der Waals surface area contributed by atoms with E-state index in [0.717, 1.165) is 11.8 Å². The largest absolute Gasteiger partial charge is 0.459 e.